The van der Waals surface area contributed by atoms with Gasteiger partial charge in [0.25, 0.3) is 0 Å². The van der Waals surface area contributed by atoms with Crippen LogP contribution in [-0.2, 0) is 0 Å². The summed E-state index contributed by atoms with van der Waals surface area (Å²) < 4.78 is 0. The first-order chi connectivity index (χ1) is 12.9. The van der Waals surface area contributed by atoms with Crippen molar-refractivity contribution in [2.45, 2.75) is 136 Å². The molecule has 174 valence electrons. The molecule has 0 heterocycles. The van der Waals surface area contributed by atoms with Gasteiger partial charge in [0.15, 0.2) is 0 Å². The van der Waals surface area contributed by atoms with E-state index in [9.17, 15) is 0 Å². The molecule has 2 saturated carbocycles. The summed E-state index contributed by atoms with van der Waals surface area (Å²) in [6.07, 6.45) is 5.76. The van der Waals surface area contributed by atoms with Gasteiger partial charge in [-0.05, 0) is 72.0 Å². The molecule has 2 rings (SSSR count). The minimum atomic E-state index is 0.606. The molecule has 4 atom stereocenters. The SMILES string of the molecule is CC.CC.CC.CC(C)[C@H]1CCC(C)(C)[C@H]1C.CC(C)[C@H]1CCC(C)(C)[C@H]1C. The third kappa shape index (κ3) is 10.2. The summed E-state index contributed by atoms with van der Waals surface area (Å²) in [4.78, 5) is 0. The van der Waals surface area contributed by atoms with E-state index in [0.29, 0.717) is 10.8 Å². The normalized spacial score (nSPS) is 29.4. The molecule has 0 bridgehead atoms. The third-order valence-corrected chi connectivity index (χ3v) is 7.71. The van der Waals surface area contributed by atoms with Gasteiger partial charge < -0.3 is 0 Å². The smallest absolute Gasteiger partial charge is 0.0326 e. The number of hydrogen-bond donors (Lipinski definition) is 0. The maximum absolute atomic E-state index is 2.43. The van der Waals surface area contributed by atoms with Gasteiger partial charge in [-0.25, -0.2) is 0 Å². The highest BCUT2D eigenvalue weighted by Crippen LogP contribution is 2.49. The molecule has 0 heteroatoms. The first kappa shape index (κ1) is 32.7. The van der Waals surface area contributed by atoms with Crippen LogP contribution in [0.5, 0.6) is 0 Å². The molecular weight excluding hydrogens is 336 g/mol. The molecule has 0 aromatic carbocycles. The Bertz CT molecular complexity index is 300. The molecule has 0 saturated heterocycles. The molecule has 2 aliphatic carbocycles. The maximum Gasteiger partial charge on any atom is -0.0326 e. The van der Waals surface area contributed by atoms with Gasteiger partial charge in [0.2, 0.25) is 0 Å². The van der Waals surface area contributed by atoms with Crippen LogP contribution in [-0.4, -0.2) is 0 Å². The quantitative estimate of drug-likeness (QED) is 0.433. The Morgan fingerprint density at radius 1 is 0.536 bits per heavy atom. The summed E-state index contributed by atoms with van der Waals surface area (Å²) in [5.74, 6) is 5.55. The summed E-state index contributed by atoms with van der Waals surface area (Å²) in [7, 11) is 0. The fourth-order valence-electron chi connectivity index (χ4n) is 5.01. The molecule has 0 radical (unpaired) electrons. The molecule has 0 amide bonds. The standard InChI is InChI=1S/2C11H22.3C2H6/c2*1-8(2)10-6-7-11(4,5)9(10)3;3*1-2/h2*8-10H,6-7H2,1-5H3;3*1-2H3/t2*9-,10+;;;/m00.../s1. The average Bonchev–Trinajstić information content (AvgIpc) is 3.09. The lowest BCUT2D eigenvalue weighted by atomic mass is 9.77. The van der Waals surface area contributed by atoms with Gasteiger partial charge in [0.1, 0.15) is 0 Å². The van der Waals surface area contributed by atoms with Gasteiger partial charge in [-0.1, -0.05) is 111 Å². The molecule has 0 N–H and O–H groups in total. The number of rotatable bonds is 2. The molecule has 0 spiro atoms. The van der Waals surface area contributed by atoms with Crippen LogP contribution in [0.2, 0.25) is 0 Å². The maximum atomic E-state index is 2.43. The highest BCUT2D eigenvalue weighted by atomic mass is 14.5. The second-order valence-electron chi connectivity index (χ2n) is 10.4. The molecule has 0 aromatic heterocycles. The van der Waals surface area contributed by atoms with Crippen LogP contribution in [0.4, 0.5) is 0 Å². The van der Waals surface area contributed by atoms with Crippen molar-refractivity contribution in [3.05, 3.63) is 0 Å². The monoisotopic (exact) mass is 398 g/mol. The van der Waals surface area contributed by atoms with E-state index in [0.717, 1.165) is 35.5 Å². The van der Waals surface area contributed by atoms with Crippen molar-refractivity contribution < 1.29 is 0 Å². The minimum absolute atomic E-state index is 0.606. The lowest BCUT2D eigenvalue weighted by Gasteiger charge is -2.28. The molecule has 0 aromatic rings. The van der Waals surface area contributed by atoms with Crippen molar-refractivity contribution in [3.8, 4) is 0 Å². The Morgan fingerprint density at radius 2 is 0.750 bits per heavy atom. The lowest BCUT2D eigenvalue weighted by molar-refractivity contribution is 0.206. The summed E-state index contributed by atoms with van der Waals surface area (Å²) in [6, 6.07) is 0. The second-order valence-corrected chi connectivity index (χ2v) is 10.4. The Kier molecular flexibility index (Phi) is 18.4. The van der Waals surface area contributed by atoms with E-state index in [2.05, 4.69) is 69.2 Å². The van der Waals surface area contributed by atoms with E-state index < -0.39 is 0 Å². The van der Waals surface area contributed by atoms with Crippen molar-refractivity contribution in [2.24, 2.45) is 46.3 Å². The zero-order chi connectivity index (χ0) is 23.3. The highest BCUT2D eigenvalue weighted by molar-refractivity contribution is 4.90. The van der Waals surface area contributed by atoms with Crippen LogP contribution in [0.3, 0.4) is 0 Å². The van der Waals surface area contributed by atoms with Crippen LogP contribution in [0.15, 0.2) is 0 Å². The van der Waals surface area contributed by atoms with Gasteiger partial charge in [0.05, 0.1) is 0 Å². The average molecular weight is 399 g/mol. The lowest BCUT2D eigenvalue weighted by Crippen LogP contribution is -2.21. The first-order valence-corrected chi connectivity index (χ1v) is 12.9. The van der Waals surface area contributed by atoms with Crippen molar-refractivity contribution in [2.75, 3.05) is 0 Å². The van der Waals surface area contributed by atoms with Gasteiger partial charge in [0, 0.05) is 0 Å². The molecule has 0 aliphatic heterocycles. The zero-order valence-electron chi connectivity index (χ0n) is 23.3. The molecule has 28 heavy (non-hydrogen) atoms. The van der Waals surface area contributed by atoms with Gasteiger partial charge in [-0.2, -0.15) is 0 Å². The largest absolute Gasteiger partial charge is 0.0683 e. The van der Waals surface area contributed by atoms with Crippen LogP contribution >= 0.6 is 0 Å². The highest BCUT2D eigenvalue weighted by Gasteiger charge is 2.40. The molecule has 0 unspecified atom stereocenters. The molecule has 0 nitrogen and oxygen atoms in total. The topological polar surface area (TPSA) is 0 Å². The molecule has 2 fully saturated rings. The van der Waals surface area contributed by atoms with Crippen LogP contribution < -0.4 is 0 Å². The number of hydrogen-bond acceptors (Lipinski definition) is 0. The summed E-state index contributed by atoms with van der Waals surface area (Å²) >= 11 is 0. The summed E-state index contributed by atoms with van der Waals surface area (Å²) in [5.41, 5.74) is 1.21. The summed E-state index contributed by atoms with van der Waals surface area (Å²) in [6.45, 7) is 36.0. The van der Waals surface area contributed by atoms with Crippen LogP contribution in [0, 0.1) is 46.3 Å². The van der Waals surface area contributed by atoms with Gasteiger partial charge in [-0.3, -0.25) is 0 Å². The van der Waals surface area contributed by atoms with E-state index in [1.165, 1.54) is 25.7 Å². The third-order valence-electron chi connectivity index (χ3n) is 7.71. The molecule has 2 aliphatic rings. The van der Waals surface area contributed by atoms with E-state index in [4.69, 9.17) is 0 Å². The predicted octanol–water partition coefficient (Wildman–Crippen LogP) is 10.5. The Hall–Kier alpha value is 0. The van der Waals surface area contributed by atoms with E-state index in [1.807, 2.05) is 41.5 Å². The fourth-order valence-corrected chi connectivity index (χ4v) is 5.01. The first-order valence-electron chi connectivity index (χ1n) is 12.9. The van der Waals surface area contributed by atoms with Crippen molar-refractivity contribution in [3.63, 3.8) is 0 Å². The minimum Gasteiger partial charge on any atom is -0.0683 e. The van der Waals surface area contributed by atoms with E-state index in [1.54, 1.807) is 0 Å². The Labute approximate surface area is 183 Å². The van der Waals surface area contributed by atoms with Crippen molar-refractivity contribution in [1.29, 1.82) is 0 Å². The second kappa shape index (κ2) is 15.8. The van der Waals surface area contributed by atoms with E-state index in [-0.39, 0.29) is 0 Å². The Morgan fingerprint density at radius 3 is 0.821 bits per heavy atom. The van der Waals surface area contributed by atoms with E-state index >= 15 is 0 Å². The molecular formula is C28H62. The van der Waals surface area contributed by atoms with Gasteiger partial charge in [-0.15, -0.1) is 0 Å². The Balaban J connectivity index is -0.000000352. The zero-order valence-corrected chi connectivity index (χ0v) is 23.3. The van der Waals surface area contributed by atoms with Gasteiger partial charge >= 0.3 is 0 Å². The summed E-state index contributed by atoms with van der Waals surface area (Å²) in [5, 5.41) is 0. The van der Waals surface area contributed by atoms with Crippen LogP contribution in [0.1, 0.15) is 136 Å². The van der Waals surface area contributed by atoms with Crippen molar-refractivity contribution in [1.82, 2.24) is 0 Å². The van der Waals surface area contributed by atoms with Crippen molar-refractivity contribution >= 4 is 0 Å². The van der Waals surface area contributed by atoms with Crippen LogP contribution in [0.25, 0.3) is 0 Å². The predicted molar refractivity (Wildman–Crippen MR) is 135 cm³/mol. The fraction of sp³-hybridized carbons (Fsp3) is 1.00.